The fourth-order valence-corrected chi connectivity index (χ4v) is 4.60. The van der Waals surface area contributed by atoms with Crippen molar-refractivity contribution in [1.29, 1.82) is 0 Å². The van der Waals surface area contributed by atoms with Crippen LogP contribution < -0.4 is 5.32 Å². The Bertz CT molecular complexity index is 987. The van der Waals surface area contributed by atoms with Crippen LogP contribution in [0, 0.1) is 24.1 Å². The highest BCUT2D eigenvalue weighted by Crippen LogP contribution is 2.67. The average Bonchev–Trinajstić information content (AvgIpc) is 3.00. The zero-order chi connectivity index (χ0) is 19.2. The Morgan fingerprint density at radius 2 is 1.85 bits per heavy atom. The molecule has 0 aliphatic heterocycles. The van der Waals surface area contributed by atoms with Crippen LogP contribution in [0.3, 0.4) is 0 Å². The van der Waals surface area contributed by atoms with Crippen molar-refractivity contribution in [3.05, 3.63) is 71.2 Å². The maximum absolute atomic E-state index is 13.0. The van der Waals surface area contributed by atoms with Crippen LogP contribution in [0.25, 0.3) is 10.9 Å². The molecule has 140 valence electrons. The SMILES string of the molecule is Cc1[nH]c2ccccc2c1[C@@H]1[C@H](CCNC(=O)c2ccc(F)cc2)C1(C)C. The van der Waals surface area contributed by atoms with Gasteiger partial charge in [-0.25, -0.2) is 4.39 Å². The molecule has 1 aliphatic rings. The van der Waals surface area contributed by atoms with Crippen LogP contribution >= 0.6 is 0 Å². The summed E-state index contributed by atoms with van der Waals surface area (Å²) in [5.74, 6) is 0.553. The van der Waals surface area contributed by atoms with Gasteiger partial charge in [-0.05, 0) is 66.5 Å². The van der Waals surface area contributed by atoms with Crippen molar-refractivity contribution in [2.75, 3.05) is 6.54 Å². The summed E-state index contributed by atoms with van der Waals surface area (Å²) in [7, 11) is 0. The van der Waals surface area contributed by atoms with E-state index in [1.807, 2.05) is 0 Å². The summed E-state index contributed by atoms with van der Waals surface area (Å²) in [5.41, 5.74) is 4.57. The monoisotopic (exact) mass is 364 g/mol. The van der Waals surface area contributed by atoms with Gasteiger partial charge in [-0.2, -0.15) is 0 Å². The lowest BCUT2D eigenvalue weighted by molar-refractivity contribution is 0.0952. The van der Waals surface area contributed by atoms with E-state index in [-0.39, 0.29) is 17.1 Å². The number of hydrogen-bond donors (Lipinski definition) is 2. The van der Waals surface area contributed by atoms with Gasteiger partial charge < -0.3 is 10.3 Å². The van der Waals surface area contributed by atoms with Gasteiger partial charge >= 0.3 is 0 Å². The molecule has 2 N–H and O–H groups in total. The Morgan fingerprint density at radius 3 is 2.59 bits per heavy atom. The van der Waals surface area contributed by atoms with Crippen LogP contribution in [0.4, 0.5) is 4.39 Å². The molecule has 1 heterocycles. The number of H-pyrrole nitrogens is 1. The van der Waals surface area contributed by atoms with Crippen molar-refractivity contribution in [3.8, 4) is 0 Å². The first-order chi connectivity index (χ1) is 12.9. The fourth-order valence-electron chi connectivity index (χ4n) is 4.60. The Kier molecular flexibility index (Phi) is 4.29. The smallest absolute Gasteiger partial charge is 0.251 e. The molecule has 0 bridgehead atoms. The third kappa shape index (κ3) is 3.14. The predicted molar refractivity (Wildman–Crippen MR) is 106 cm³/mol. The molecule has 3 aromatic rings. The second-order valence-corrected chi connectivity index (χ2v) is 8.17. The number of aromatic amines is 1. The lowest BCUT2D eigenvalue weighted by Crippen LogP contribution is -2.25. The molecule has 1 fully saturated rings. The summed E-state index contributed by atoms with van der Waals surface area (Å²) in [5, 5.41) is 4.29. The van der Waals surface area contributed by atoms with E-state index in [1.54, 1.807) is 0 Å². The summed E-state index contributed by atoms with van der Waals surface area (Å²) in [6, 6.07) is 14.1. The van der Waals surface area contributed by atoms with Gasteiger partial charge in [-0.15, -0.1) is 0 Å². The van der Waals surface area contributed by atoms with Crippen LogP contribution in [0.15, 0.2) is 48.5 Å². The molecular formula is C23H25FN2O. The number of aryl methyl sites for hydroxylation is 1. The van der Waals surface area contributed by atoms with Gasteiger partial charge in [-0.1, -0.05) is 32.0 Å². The molecule has 27 heavy (non-hydrogen) atoms. The number of para-hydroxylation sites is 1. The molecular weight excluding hydrogens is 339 g/mol. The lowest BCUT2D eigenvalue weighted by atomic mass is 10.0. The highest BCUT2D eigenvalue weighted by atomic mass is 19.1. The minimum Gasteiger partial charge on any atom is -0.358 e. The van der Waals surface area contributed by atoms with Crippen molar-refractivity contribution in [3.63, 3.8) is 0 Å². The minimum atomic E-state index is -0.330. The summed E-state index contributed by atoms with van der Waals surface area (Å²) >= 11 is 0. The highest BCUT2D eigenvalue weighted by molar-refractivity contribution is 5.94. The second-order valence-electron chi connectivity index (χ2n) is 8.17. The molecule has 2 aromatic carbocycles. The van der Waals surface area contributed by atoms with E-state index in [9.17, 15) is 9.18 Å². The zero-order valence-corrected chi connectivity index (χ0v) is 16.0. The maximum Gasteiger partial charge on any atom is 0.251 e. The maximum atomic E-state index is 13.0. The van der Waals surface area contributed by atoms with E-state index in [0.29, 0.717) is 23.9 Å². The number of benzene rings is 2. The standard InChI is InChI=1S/C23H25FN2O/c1-14-20(17-6-4-5-7-19(17)26-14)21-18(23(21,2)3)12-13-25-22(27)15-8-10-16(24)11-9-15/h4-11,18,21,26H,12-13H2,1-3H3,(H,25,27)/t18-,21-/m0/s1. The molecule has 0 spiro atoms. The van der Waals surface area contributed by atoms with Crippen LogP contribution in [0.2, 0.25) is 0 Å². The van der Waals surface area contributed by atoms with E-state index >= 15 is 0 Å². The predicted octanol–water partition coefficient (Wildman–Crippen LogP) is 5.18. The zero-order valence-electron chi connectivity index (χ0n) is 16.0. The van der Waals surface area contributed by atoms with Gasteiger partial charge in [0.1, 0.15) is 5.82 Å². The Labute approximate surface area is 159 Å². The van der Waals surface area contributed by atoms with Gasteiger partial charge in [0, 0.05) is 28.7 Å². The summed E-state index contributed by atoms with van der Waals surface area (Å²) in [6.07, 6.45) is 0.934. The average molecular weight is 364 g/mol. The Morgan fingerprint density at radius 1 is 1.15 bits per heavy atom. The number of amides is 1. The summed E-state index contributed by atoms with van der Waals surface area (Å²) in [6.45, 7) is 7.40. The quantitative estimate of drug-likeness (QED) is 0.644. The van der Waals surface area contributed by atoms with E-state index in [4.69, 9.17) is 0 Å². The molecule has 4 heteroatoms. The van der Waals surface area contributed by atoms with E-state index in [0.717, 1.165) is 6.42 Å². The number of fused-ring (bicyclic) bond motifs is 1. The molecule has 3 nitrogen and oxygen atoms in total. The first kappa shape index (κ1) is 17.8. The third-order valence-corrected chi connectivity index (χ3v) is 6.15. The Balaban J connectivity index is 1.43. The van der Waals surface area contributed by atoms with Crippen molar-refractivity contribution in [2.45, 2.75) is 33.1 Å². The Hall–Kier alpha value is -2.62. The van der Waals surface area contributed by atoms with Gasteiger partial charge in [0.05, 0.1) is 0 Å². The molecule has 2 atom stereocenters. The molecule has 0 unspecified atom stereocenters. The number of halogens is 1. The number of rotatable bonds is 5. The number of carbonyl (C=O) groups excluding carboxylic acids is 1. The molecule has 1 amide bonds. The normalized spacial score (nSPS) is 20.6. The van der Waals surface area contributed by atoms with Crippen LogP contribution in [0.5, 0.6) is 0 Å². The second kappa shape index (κ2) is 6.52. The highest BCUT2D eigenvalue weighted by Gasteiger charge is 2.58. The first-order valence-electron chi connectivity index (χ1n) is 9.50. The van der Waals surface area contributed by atoms with Gasteiger partial charge in [0.15, 0.2) is 0 Å². The summed E-state index contributed by atoms with van der Waals surface area (Å²) < 4.78 is 13.0. The number of nitrogens with one attached hydrogen (secondary N) is 2. The summed E-state index contributed by atoms with van der Waals surface area (Å²) in [4.78, 5) is 15.7. The van der Waals surface area contributed by atoms with E-state index < -0.39 is 0 Å². The van der Waals surface area contributed by atoms with Gasteiger partial charge in [-0.3, -0.25) is 4.79 Å². The van der Waals surface area contributed by atoms with Crippen LogP contribution in [-0.2, 0) is 0 Å². The van der Waals surface area contributed by atoms with Crippen molar-refractivity contribution in [1.82, 2.24) is 10.3 Å². The molecule has 0 saturated heterocycles. The number of hydrogen-bond acceptors (Lipinski definition) is 1. The number of aromatic nitrogens is 1. The lowest BCUT2D eigenvalue weighted by Gasteiger charge is -2.06. The molecule has 0 radical (unpaired) electrons. The van der Waals surface area contributed by atoms with Crippen molar-refractivity contribution >= 4 is 16.8 Å². The molecule has 1 aliphatic carbocycles. The van der Waals surface area contributed by atoms with Crippen molar-refractivity contribution in [2.24, 2.45) is 11.3 Å². The van der Waals surface area contributed by atoms with Gasteiger partial charge in [0.2, 0.25) is 0 Å². The van der Waals surface area contributed by atoms with E-state index in [2.05, 4.69) is 55.3 Å². The third-order valence-electron chi connectivity index (χ3n) is 6.15. The topological polar surface area (TPSA) is 44.9 Å². The van der Waals surface area contributed by atoms with Crippen LogP contribution in [0.1, 0.15) is 47.8 Å². The molecule has 1 aromatic heterocycles. The number of carbonyl (C=O) groups is 1. The van der Waals surface area contributed by atoms with Crippen molar-refractivity contribution < 1.29 is 9.18 Å². The largest absolute Gasteiger partial charge is 0.358 e. The minimum absolute atomic E-state index is 0.145. The van der Waals surface area contributed by atoms with E-state index in [1.165, 1.54) is 46.4 Å². The van der Waals surface area contributed by atoms with Crippen LogP contribution in [-0.4, -0.2) is 17.4 Å². The van der Waals surface area contributed by atoms with Gasteiger partial charge in [0.25, 0.3) is 5.91 Å². The molecule has 4 rings (SSSR count). The molecule has 1 saturated carbocycles. The fraction of sp³-hybridized carbons (Fsp3) is 0.348. The first-order valence-corrected chi connectivity index (χ1v) is 9.50.